The first-order valence-corrected chi connectivity index (χ1v) is 5.74. The van der Waals surface area contributed by atoms with Gasteiger partial charge in [-0.15, -0.1) is 6.58 Å². The number of aromatic hydroxyl groups is 1. The molecule has 1 aromatic rings. The molecule has 1 atom stereocenters. The largest absolute Gasteiger partial charge is 0.507 e. The Morgan fingerprint density at radius 1 is 1.50 bits per heavy atom. The Morgan fingerprint density at radius 3 is 2.61 bits per heavy atom. The van der Waals surface area contributed by atoms with E-state index in [1.165, 1.54) is 6.20 Å². The SMILES string of the molecule is C=CCC(O)c1cnc(C)c(O)c1C(O)=C(C)C. The number of aliphatic hydroxyl groups excluding tert-OH is 2. The molecular formula is C14H19NO3. The molecule has 1 unspecified atom stereocenters. The number of hydrogen-bond acceptors (Lipinski definition) is 4. The van der Waals surface area contributed by atoms with E-state index in [9.17, 15) is 15.3 Å². The van der Waals surface area contributed by atoms with Crippen LogP contribution in [0, 0.1) is 6.92 Å². The van der Waals surface area contributed by atoms with Gasteiger partial charge in [0.25, 0.3) is 0 Å². The second kappa shape index (κ2) is 5.69. The molecule has 0 radical (unpaired) electrons. The Bertz CT molecular complexity index is 488. The highest BCUT2D eigenvalue weighted by atomic mass is 16.3. The highest BCUT2D eigenvalue weighted by Crippen LogP contribution is 2.34. The number of hydrogen-bond donors (Lipinski definition) is 3. The lowest BCUT2D eigenvalue weighted by Crippen LogP contribution is -2.04. The van der Waals surface area contributed by atoms with Crippen molar-refractivity contribution >= 4 is 5.76 Å². The smallest absolute Gasteiger partial charge is 0.148 e. The third-order valence-electron chi connectivity index (χ3n) is 2.72. The molecule has 4 heteroatoms. The van der Waals surface area contributed by atoms with E-state index >= 15 is 0 Å². The van der Waals surface area contributed by atoms with E-state index < -0.39 is 6.10 Å². The van der Waals surface area contributed by atoms with Gasteiger partial charge in [-0.25, -0.2) is 0 Å². The van der Waals surface area contributed by atoms with Crippen molar-refractivity contribution < 1.29 is 15.3 Å². The average Bonchev–Trinajstić information content (AvgIpc) is 2.31. The third-order valence-corrected chi connectivity index (χ3v) is 2.72. The van der Waals surface area contributed by atoms with Crippen LogP contribution in [-0.4, -0.2) is 20.3 Å². The van der Waals surface area contributed by atoms with Crippen LogP contribution in [0.15, 0.2) is 24.4 Å². The summed E-state index contributed by atoms with van der Waals surface area (Å²) < 4.78 is 0. The maximum Gasteiger partial charge on any atom is 0.148 e. The lowest BCUT2D eigenvalue weighted by molar-refractivity contribution is 0.180. The zero-order chi connectivity index (χ0) is 13.9. The van der Waals surface area contributed by atoms with E-state index in [4.69, 9.17) is 0 Å². The Labute approximate surface area is 107 Å². The van der Waals surface area contributed by atoms with Crippen LogP contribution in [0.25, 0.3) is 5.76 Å². The monoisotopic (exact) mass is 249 g/mol. The molecule has 0 amide bonds. The first kappa shape index (κ1) is 14.3. The van der Waals surface area contributed by atoms with Gasteiger partial charge in [-0.3, -0.25) is 4.98 Å². The lowest BCUT2D eigenvalue weighted by atomic mass is 9.97. The fourth-order valence-corrected chi connectivity index (χ4v) is 1.65. The predicted molar refractivity (Wildman–Crippen MR) is 71.3 cm³/mol. The van der Waals surface area contributed by atoms with E-state index in [1.807, 2.05) is 0 Å². The van der Waals surface area contributed by atoms with Crippen LogP contribution >= 0.6 is 0 Å². The van der Waals surface area contributed by atoms with Crippen molar-refractivity contribution in [3.05, 3.63) is 41.2 Å². The van der Waals surface area contributed by atoms with Crippen molar-refractivity contribution in [2.24, 2.45) is 0 Å². The van der Waals surface area contributed by atoms with Crippen molar-refractivity contribution in [3.8, 4) is 5.75 Å². The fraction of sp³-hybridized carbons (Fsp3) is 0.357. The van der Waals surface area contributed by atoms with Crippen LogP contribution in [0.1, 0.15) is 43.2 Å². The zero-order valence-corrected chi connectivity index (χ0v) is 10.9. The van der Waals surface area contributed by atoms with Crippen molar-refractivity contribution in [2.75, 3.05) is 0 Å². The van der Waals surface area contributed by atoms with Gasteiger partial charge in [0.05, 0.1) is 17.4 Å². The molecule has 0 aliphatic heterocycles. The molecule has 0 aliphatic carbocycles. The number of aromatic nitrogens is 1. The number of pyridine rings is 1. The van der Waals surface area contributed by atoms with Gasteiger partial charge in [0.2, 0.25) is 0 Å². The van der Waals surface area contributed by atoms with Crippen LogP contribution in [0.5, 0.6) is 5.75 Å². The van der Waals surface area contributed by atoms with E-state index in [0.29, 0.717) is 23.3 Å². The predicted octanol–water partition coefficient (Wildman–Crippen LogP) is 3.01. The maximum absolute atomic E-state index is 10.1. The van der Waals surface area contributed by atoms with Crippen molar-refractivity contribution in [2.45, 2.75) is 33.3 Å². The van der Waals surface area contributed by atoms with Crippen LogP contribution < -0.4 is 0 Å². The summed E-state index contributed by atoms with van der Waals surface area (Å²) in [5, 5.41) is 30.1. The number of nitrogens with zero attached hydrogens (tertiary/aromatic N) is 1. The summed E-state index contributed by atoms with van der Waals surface area (Å²) in [6.07, 6.45) is 2.52. The summed E-state index contributed by atoms with van der Waals surface area (Å²) in [5.74, 6) is -0.134. The quantitative estimate of drug-likeness (QED) is 0.566. The number of aliphatic hydroxyl groups is 2. The molecule has 1 rings (SSSR count). The molecule has 0 fully saturated rings. The zero-order valence-electron chi connectivity index (χ0n) is 10.9. The van der Waals surface area contributed by atoms with Gasteiger partial charge >= 0.3 is 0 Å². The molecular weight excluding hydrogens is 230 g/mol. The molecule has 0 aliphatic rings. The van der Waals surface area contributed by atoms with Gasteiger partial charge in [0.1, 0.15) is 11.5 Å². The minimum Gasteiger partial charge on any atom is -0.507 e. The summed E-state index contributed by atoms with van der Waals surface area (Å²) in [7, 11) is 0. The molecule has 98 valence electrons. The van der Waals surface area contributed by atoms with Gasteiger partial charge in [-0.1, -0.05) is 6.08 Å². The summed E-state index contributed by atoms with van der Waals surface area (Å²) in [6, 6.07) is 0. The summed E-state index contributed by atoms with van der Waals surface area (Å²) >= 11 is 0. The van der Waals surface area contributed by atoms with Gasteiger partial charge in [-0.2, -0.15) is 0 Å². The Morgan fingerprint density at radius 2 is 2.11 bits per heavy atom. The molecule has 0 saturated heterocycles. The normalized spacial score (nSPS) is 12.0. The molecule has 0 spiro atoms. The molecule has 0 bridgehead atoms. The Kier molecular flexibility index (Phi) is 4.50. The second-order valence-electron chi connectivity index (χ2n) is 4.41. The Balaban J connectivity index is 3.49. The van der Waals surface area contributed by atoms with Crippen molar-refractivity contribution in [3.63, 3.8) is 0 Å². The standard InChI is InChI=1S/C14H19NO3/c1-5-6-11(16)10-7-15-9(4)14(18)12(10)13(17)8(2)3/h5,7,11,16-18H,1,6H2,2-4H3. The first-order chi connectivity index (χ1) is 8.40. The average molecular weight is 249 g/mol. The summed E-state index contributed by atoms with van der Waals surface area (Å²) in [6.45, 7) is 8.66. The molecule has 3 N–H and O–H groups in total. The van der Waals surface area contributed by atoms with Gasteiger partial charge in [0, 0.05) is 11.8 Å². The molecule has 0 saturated carbocycles. The summed E-state index contributed by atoms with van der Waals surface area (Å²) in [5.41, 5.74) is 1.71. The highest BCUT2D eigenvalue weighted by Gasteiger charge is 2.20. The van der Waals surface area contributed by atoms with Gasteiger partial charge < -0.3 is 15.3 Å². The second-order valence-corrected chi connectivity index (χ2v) is 4.41. The molecule has 1 aromatic heterocycles. The van der Waals surface area contributed by atoms with Gasteiger partial charge in [-0.05, 0) is 32.8 Å². The van der Waals surface area contributed by atoms with E-state index in [2.05, 4.69) is 11.6 Å². The fourth-order valence-electron chi connectivity index (χ4n) is 1.65. The molecule has 4 nitrogen and oxygen atoms in total. The minimum atomic E-state index is -0.849. The van der Waals surface area contributed by atoms with Crippen LogP contribution in [0.4, 0.5) is 0 Å². The molecule has 18 heavy (non-hydrogen) atoms. The van der Waals surface area contributed by atoms with E-state index in [1.54, 1.807) is 26.8 Å². The van der Waals surface area contributed by atoms with E-state index in [0.717, 1.165) is 0 Å². The Hall–Kier alpha value is -1.81. The highest BCUT2D eigenvalue weighted by molar-refractivity contribution is 5.70. The number of aryl methyl sites for hydroxylation is 1. The summed E-state index contributed by atoms with van der Waals surface area (Å²) in [4.78, 5) is 4.01. The first-order valence-electron chi connectivity index (χ1n) is 5.74. The van der Waals surface area contributed by atoms with Crippen LogP contribution in [0.2, 0.25) is 0 Å². The van der Waals surface area contributed by atoms with Crippen molar-refractivity contribution in [1.82, 2.24) is 4.98 Å². The van der Waals surface area contributed by atoms with Crippen LogP contribution in [-0.2, 0) is 0 Å². The molecule has 0 aromatic carbocycles. The number of rotatable bonds is 4. The third kappa shape index (κ3) is 2.71. The van der Waals surface area contributed by atoms with Crippen LogP contribution in [0.3, 0.4) is 0 Å². The minimum absolute atomic E-state index is 0.0314. The van der Waals surface area contributed by atoms with E-state index in [-0.39, 0.29) is 17.1 Å². The lowest BCUT2D eigenvalue weighted by Gasteiger charge is -2.16. The number of allylic oxidation sites excluding steroid dienone is 1. The van der Waals surface area contributed by atoms with Crippen molar-refractivity contribution in [1.29, 1.82) is 0 Å². The molecule has 1 heterocycles. The van der Waals surface area contributed by atoms with Gasteiger partial charge in [0.15, 0.2) is 0 Å². The topological polar surface area (TPSA) is 73.6 Å². The maximum atomic E-state index is 10.1.